The van der Waals surface area contributed by atoms with Crippen LogP contribution in [0.2, 0.25) is 0 Å². The van der Waals surface area contributed by atoms with Gasteiger partial charge in [-0.3, -0.25) is 4.79 Å². The summed E-state index contributed by atoms with van der Waals surface area (Å²) in [6, 6.07) is 4.36. The highest BCUT2D eigenvalue weighted by Crippen LogP contribution is 2.29. The van der Waals surface area contributed by atoms with E-state index in [1.54, 1.807) is 0 Å². The summed E-state index contributed by atoms with van der Waals surface area (Å²) in [5.41, 5.74) is 2.06. The first-order valence-corrected chi connectivity index (χ1v) is 6.19. The van der Waals surface area contributed by atoms with Crippen LogP contribution in [0.15, 0.2) is 16.9 Å². The molecule has 0 unspecified atom stereocenters. The van der Waals surface area contributed by atoms with Gasteiger partial charge in [0.2, 0.25) is 0 Å². The van der Waals surface area contributed by atoms with Crippen LogP contribution in [-0.4, -0.2) is 4.57 Å². The fourth-order valence-corrected chi connectivity index (χ4v) is 2.66. The van der Waals surface area contributed by atoms with Crippen molar-refractivity contribution in [1.82, 2.24) is 4.57 Å². The summed E-state index contributed by atoms with van der Waals surface area (Å²) in [6.07, 6.45) is 4.80. The van der Waals surface area contributed by atoms with Gasteiger partial charge in [0.25, 0.3) is 5.56 Å². The lowest BCUT2D eigenvalue weighted by atomic mass is 10.2. The number of pyridine rings is 1. The first-order valence-electron chi connectivity index (χ1n) is 5.56. The molecule has 0 saturated heterocycles. The van der Waals surface area contributed by atoms with Gasteiger partial charge in [0.1, 0.15) is 0 Å². The third kappa shape index (κ3) is 1.98. The van der Waals surface area contributed by atoms with Crippen molar-refractivity contribution >= 4 is 12.6 Å². The van der Waals surface area contributed by atoms with E-state index in [2.05, 4.69) is 12.6 Å². The van der Waals surface area contributed by atoms with E-state index in [-0.39, 0.29) is 5.56 Å². The number of rotatable bonds is 2. The molecule has 0 bridgehead atoms. The number of aryl methyl sites for hydroxylation is 1. The maximum Gasteiger partial charge on any atom is 0.255 e. The van der Waals surface area contributed by atoms with Crippen LogP contribution >= 0.6 is 12.6 Å². The molecule has 2 rings (SSSR count). The lowest BCUT2D eigenvalue weighted by Crippen LogP contribution is -2.27. The monoisotopic (exact) mass is 223 g/mol. The molecule has 3 heteroatoms. The molecule has 1 aromatic heterocycles. The Labute approximate surface area is 95.7 Å². The minimum Gasteiger partial charge on any atom is -0.310 e. The second kappa shape index (κ2) is 4.44. The average molecular weight is 223 g/mol. The Morgan fingerprint density at radius 2 is 2.07 bits per heavy atom. The van der Waals surface area contributed by atoms with Crippen molar-refractivity contribution < 1.29 is 0 Å². The molecule has 1 heterocycles. The highest BCUT2D eigenvalue weighted by Gasteiger charge is 2.19. The summed E-state index contributed by atoms with van der Waals surface area (Å²) in [6.45, 7) is 2.02. The van der Waals surface area contributed by atoms with Crippen LogP contribution in [0.1, 0.15) is 43.0 Å². The fraction of sp³-hybridized carbons (Fsp3) is 0.583. The molecule has 0 aromatic carbocycles. The molecule has 1 fully saturated rings. The van der Waals surface area contributed by atoms with E-state index in [9.17, 15) is 4.79 Å². The number of nitrogens with zero attached hydrogens (tertiary/aromatic N) is 1. The molecule has 15 heavy (non-hydrogen) atoms. The first kappa shape index (κ1) is 10.8. The van der Waals surface area contributed by atoms with Crippen LogP contribution in [0.4, 0.5) is 0 Å². The van der Waals surface area contributed by atoms with Gasteiger partial charge in [-0.2, -0.15) is 12.6 Å². The molecule has 2 nitrogen and oxygen atoms in total. The van der Waals surface area contributed by atoms with Crippen LogP contribution in [0.25, 0.3) is 0 Å². The summed E-state index contributed by atoms with van der Waals surface area (Å²) < 4.78 is 1.97. The van der Waals surface area contributed by atoms with Crippen molar-refractivity contribution in [2.45, 2.75) is 44.4 Å². The zero-order valence-corrected chi connectivity index (χ0v) is 9.96. The third-order valence-corrected chi connectivity index (χ3v) is 3.60. The van der Waals surface area contributed by atoms with E-state index in [1.165, 1.54) is 12.8 Å². The second-order valence-corrected chi connectivity index (χ2v) is 4.59. The van der Waals surface area contributed by atoms with Gasteiger partial charge >= 0.3 is 0 Å². The molecule has 0 amide bonds. The van der Waals surface area contributed by atoms with Crippen LogP contribution < -0.4 is 5.56 Å². The zero-order valence-electron chi connectivity index (χ0n) is 9.07. The van der Waals surface area contributed by atoms with E-state index >= 15 is 0 Å². The molecule has 1 aliphatic carbocycles. The van der Waals surface area contributed by atoms with Crippen LogP contribution in [0.3, 0.4) is 0 Å². The van der Waals surface area contributed by atoms with Crippen LogP contribution in [-0.2, 0) is 5.75 Å². The molecule has 0 spiro atoms. The standard InChI is InChI=1S/C12H17NOS/c1-9-6-7-10(8-15)12(14)13(9)11-4-2-3-5-11/h6-7,11,15H,2-5,8H2,1H3. The smallest absolute Gasteiger partial charge is 0.255 e. The summed E-state index contributed by atoms with van der Waals surface area (Å²) in [5, 5.41) is 0. The largest absolute Gasteiger partial charge is 0.310 e. The Morgan fingerprint density at radius 1 is 1.40 bits per heavy atom. The number of hydrogen-bond acceptors (Lipinski definition) is 2. The van der Waals surface area contributed by atoms with Gasteiger partial charge in [0.15, 0.2) is 0 Å². The van der Waals surface area contributed by atoms with Gasteiger partial charge in [0.05, 0.1) is 0 Å². The number of aromatic nitrogens is 1. The van der Waals surface area contributed by atoms with Crippen molar-refractivity contribution in [1.29, 1.82) is 0 Å². The van der Waals surface area contributed by atoms with Gasteiger partial charge in [-0.1, -0.05) is 18.9 Å². The predicted molar refractivity (Wildman–Crippen MR) is 65.6 cm³/mol. The molecular weight excluding hydrogens is 206 g/mol. The number of hydrogen-bond donors (Lipinski definition) is 1. The van der Waals surface area contributed by atoms with E-state index in [1.807, 2.05) is 23.6 Å². The topological polar surface area (TPSA) is 22.0 Å². The van der Waals surface area contributed by atoms with Crippen molar-refractivity contribution in [3.8, 4) is 0 Å². The van der Waals surface area contributed by atoms with Gasteiger partial charge in [0, 0.05) is 23.1 Å². The van der Waals surface area contributed by atoms with E-state index in [0.29, 0.717) is 11.8 Å². The maximum atomic E-state index is 12.1. The normalized spacial score (nSPS) is 17.2. The Hall–Kier alpha value is -0.700. The van der Waals surface area contributed by atoms with Crippen molar-refractivity contribution in [2.75, 3.05) is 0 Å². The minimum atomic E-state index is 0.164. The lowest BCUT2D eigenvalue weighted by molar-refractivity contribution is 0.489. The van der Waals surface area contributed by atoms with Crippen molar-refractivity contribution in [3.63, 3.8) is 0 Å². The van der Waals surface area contributed by atoms with Crippen LogP contribution in [0, 0.1) is 6.92 Å². The maximum absolute atomic E-state index is 12.1. The van der Waals surface area contributed by atoms with E-state index in [4.69, 9.17) is 0 Å². The molecule has 1 aliphatic rings. The molecule has 0 atom stereocenters. The SMILES string of the molecule is Cc1ccc(CS)c(=O)n1C1CCCC1. The molecule has 0 aliphatic heterocycles. The zero-order chi connectivity index (χ0) is 10.8. The molecular formula is C12H17NOS. The third-order valence-electron chi connectivity index (χ3n) is 3.26. The molecule has 1 saturated carbocycles. The van der Waals surface area contributed by atoms with Crippen molar-refractivity contribution in [3.05, 3.63) is 33.7 Å². The Balaban J connectivity index is 2.48. The van der Waals surface area contributed by atoms with Gasteiger partial charge < -0.3 is 4.57 Å². The molecule has 0 N–H and O–H groups in total. The predicted octanol–water partition coefficient (Wildman–Crippen LogP) is 2.70. The quantitative estimate of drug-likeness (QED) is 0.765. The average Bonchev–Trinajstić information content (AvgIpc) is 2.71. The van der Waals surface area contributed by atoms with Gasteiger partial charge in [-0.05, 0) is 25.8 Å². The highest BCUT2D eigenvalue weighted by atomic mass is 32.1. The molecule has 0 radical (unpaired) electrons. The summed E-state index contributed by atoms with van der Waals surface area (Å²) in [7, 11) is 0. The first-order chi connectivity index (χ1) is 7.24. The van der Waals surface area contributed by atoms with Crippen molar-refractivity contribution in [2.24, 2.45) is 0 Å². The molecule has 82 valence electrons. The van der Waals surface area contributed by atoms with E-state index < -0.39 is 0 Å². The fourth-order valence-electron chi connectivity index (χ4n) is 2.42. The van der Waals surface area contributed by atoms with E-state index in [0.717, 1.165) is 24.1 Å². The van der Waals surface area contributed by atoms with Gasteiger partial charge in [-0.25, -0.2) is 0 Å². The lowest BCUT2D eigenvalue weighted by Gasteiger charge is -2.17. The Bertz CT molecular complexity index is 405. The number of thiol groups is 1. The second-order valence-electron chi connectivity index (χ2n) is 4.27. The summed E-state index contributed by atoms with van der Waals surface area (Å²) >= 11 is 4.19. The highest BCUT2D eigenvalue weighted by molar-refractivity contribution is 7.79. The summed E-state index contributed by atoms with van der Waals surface area (Å²) in [4.78, 5) is 12.1. The Morgan fingerprint density at radius 3 is 2.67 bits per heavy atom. The van der Waals surface area contributed by atoms with Gasteiger partial charge in [-0.15, -0.1) is 0 Å². The Kier molecular flexibility index (Phi) is 3.19. The minimum absolute atomic E-state index is 0.164. The summed E-state index contributed by atoms with van der Waals surface area (Å²) in [5.74, 6) is 0.534. The van der Waals surface area contributed by atoms with Crippen LogP contribution in [0.5, 0.6) is 0 Å². The molecule has 1 aromatic rings.